The molecule has 0 aliphatic heterocycles. The Kier molecular flexibility index (Phi) is 6.90. The molecular formula is C17H20F2N4O4. The highest BCUT2D eigenvalue weighted by Crippen LogP contribution is 2.28. The van der Waals surface area contributed by atoms with Gasteiger partial charge in [-0.05, 0) is 37.6 Å². The number of carboxylic acids is 1. The number of anilines is 1. The van der Waals surface area contributed by atoms with E-state index in [0.29, 0.717) is 19.4 Å². The van der Waals surface area contributed by atoms with Crippen LogP contribution in [0.15, 0.2) is 18.2 Å². The molecule has 1 aliphatic rings. The first kappa shape index (κ1) is 20.4. The summed E-state index contributed by atoms with van der Waals surface area (Å²) in [6.07, 6.45) is 1.18. The topological polar surface area (TPSA) is 115 Å². The van der Waals surface area contributed by atoms with E-state index in [-0.39, 0.29) is 35.6 Å². The molecule has 2 rings (SSSR count). The highest BCUT2D eigenvalue weighted by atomic mass is 19.3. The third-order valence-corrected chi connectivity index (χ3v) is 4.28. The van der Waals surface area contributed by atoms with Gasteiger partial charge in [0.25, 0.3) is 0 Å². The fourth-order valence-electron chi connectivity index (χ4n) is 2.92. The van der Waals surface area contributed by atoms with Crippen LogP contribution in [0, 0.1) is 11.3 Å². The predicted octanol–water partition coefficient (Wildman–Crippen LogP) is 2.22. The van der Waals surface area contributed by atoms with Crippen molar-refractivity contribution in [2.45, 2.75) is 38.5 Å². The molecule has 1 aromatic carbocycles. The first-order valence-electron chi connectivity index (χ1n) is 8.34. The number of rotatable bonds is 8. The van der Waals surface area contributed by atoms with Crippen LogP contribution in [-0.4, -0.2) is 53.8 Å². The lowest BCUT2D eigenvalue weighted by Crippen LogP contribution is -2.55. The number of alkyl halides is 2. The molecular weight excluding hydrogens is 362 g/mol. The minimum atomic E-state index is -3.07. The standard InChI is InChI=1S/C17H20F2N4O4/c1-2-23(9-15(24)25)12-6-11(7-12)21-17(26)22-13-5-10(8-20)3-4-14(13)27-16(18)19/h3-5,11-12,16H,2,6-7,9H2,1H3,(H,24,25)(H2,21,22,26). The molecule has 8 nitrogen and oxygen atoms in total. The summed E-state index contributed by atoms with van der Waals surface area (Å²) in [4.78, 5) is 24.8. The molecule has 1 aromatic rings. The van der Waals surface area contributed by atoms with Crippen molar-refractivity contribution in [1.29, 1.82) is 5.26 Å². The molecule has 0 heterocycles. The fourth-order valence-corrected chi connectivity index (χ4v) is 2.92. The second-order valence-electron chi connectivity index (χ2n) is 6.08. The van der Waals surface area contributed by atoms with E-state index in [1.165, 1.54) is 18.2 Å². The molecule has 2 amide bonds. The molecule has 1 saturated carbocycles. The Hall–Kier alpha value is -2.93. The number of urea groups is 1. The van der Waals surface area contributed by atoms with E-state index in [4.69, 9.17) is 10.4 Å². The van der Waals surface area contributed by atoms with Gasteiger partial charge in [-0.15, -0.1) is 0 Å². The maximum atomic E-state index is 12.5. The minimum Gasteiger partial charge on any atom is -0.480 e. The first-order chi connectivity index (χ1) is 12.8. The number of amides is 2. The van der Waals surface area contributed by atoms with Crippen LogP contribution in [0.1, 0.15) is 25.3 Å². The lowest BCUT2D eigenvalue weighted by molar-refractivity contribution is -0.139. The van der Waals surface area contributed by atoms with E-state index < -0.39 is 18.6 Å². The third kappa shape index (κ3) is 5.79. The highest BCUT2D eigenvalue weighted by molar-refractivity contribution is 5.91. The summed E-state index contributed by atoms with van der Waals surface area (Å²) in [5, 5.41) is 22.9. The van der Waals surface area contributed by atoms with Crippen molar-refractivity contribution in [1.82, 2.24) is 10.2 Å². The Bertz CT molecular complexity index is 732. The van der Waals surface area contributed by atoms with Gasteiger partial charge in [0.05, 0.1) is 23.9 Å². The van der Waals surface area contributed by atoms with Gasteiger partial charge in [-0.2, -0.15) is 14.0 Å². The maximum Gasteiger partial charge on any atom is 0.387 e. The summed E-state index contributed by atoms with van der Waals surface area (Å²) >= 11 is 0. The SMILES string of the molecule is CCN(CC(=O)O)C1CC(NC(=O)Nc2cc(C#N)ccc2OC(F)F)C1. The number of benzene rings is 1. The minimum absolute atomic E-state index is 0.0382. The zero-order valence-corrected chi connectivity index (χ0v) is 14.6. The quantitative estimate of drug-likeness (QED) is 0.635. The number of halogens is 2. The lowest BCUT2D eigenvalue weighted by Gasteiger charge is -2.42. The summed E-state index contributed by atoms with van der Waals surface area (Å²) in [6, 6.07) is 4.88. The van der Waals surface area contributed by atoms with Gasteiger partial charge in [0, 0.05) is 12.1 Å². The molecule has 1 fully saturated rings. The van der Waals surface area contributed by atoms with Crippen molar-refractivity contribution in [2.24, 2.45) is 0 Å². The van der Waals surface area contributed by atoms with Crippen LogP contribution >= 0.6 is 0 Å². The Morgan fingerprint density at radius 1 is 1.44 bits per heavy atom. The second-order valence-corrected chi connectivity index (χ2v) is 6.08. The van der Waals surface area contributed by atoms with Gasteiger partial charge in [0.15, 0.2) is 0 Å². The van der Waals surface area contributed by atoms with E-state index in [0.717, 1.165) is 0 Å². The van der Waals surface area contributed by atoms with Crippen LogP contribution in [0.3, 0.4) is 0 Å². The zero-order valence-electron chi connectivity index (χ0n) is 14.6. The number of carbonyl (C=O) groups is 2. The van der Waals surface area contributed by atoms with Gasteiger partial charge in [-0.25, -0.2) is 4.79 Å². The van der Waals surface area contributed by atoms with Crippen LogP contribution in [0.25, 0.3) is 0 Å². The van der Waals surface area contributed by atoms with Crippen molar-refractivity contribution >= 4 is 17.7 Å². The smallest absolute Gasteiger partial charge is 0.387 e. The van der Waals surface area contributed by atoms with Crippen LogP contribution in [0.5, 0.6) is 5.75 Å². The van der Waals surface area contributed by atoms with E-state index in [1.54, 1.807) is 0 Å². The Morgan fingerprint density at radius 2 is 2.15 bits per heavy atom. The molecule has 0 aromatic heterocycles. The highest BCUT2D eigenvalue weighted by Gasteiger charge is 2.34. The van der Waals surface area contributed by atoms with Gasteiger partial charge < -0.3 is 20.5 Å². The summed E-state index contributed by atoms with van der Waals surface area (Å²) in [5.41, 5.74) is 0.145. The van der Waals surface area contributed by atoms with E-state index in [2.05, 4.69) is 15.4 Å². The summed E-state index contributed by atoms with van der Waals surface area (Å²) < 4.78 is 29.3. The largest absolute Gasteiger partial charge is 0.480 e. The molecule has 27 heavy (non-hydrogen) atoms. The molecule has 0 bridgehead atoms. The summed E-state index contributed by atoms with van der Waals surface area (Å²) in [7, 11) is 0. The number of ether oxygens (including phenoxy) is 1. The predicted molar refractivity (Wildman–Crippen MR) is 91.6 cm³/mol. The summed E-state index contributed by atoms with van der Waals surface area (Å²) in [6.45, 7) is -0.674. The number of hydrogen-bond acceptors (Lipinski definition) is 5. The van der Waals surface area contributed by atoms with Gasteiger partial charge in [-0.1, -0.05) is 6.92 Å². The van der Waals surface area contributed by atoms with Crippen LogP contribution < -0.4 is 15.4 Å². The third-order valence-electron chi connectivity index (χ3n) is 4.28. The molecule has 0 saturated heterocycles. The first-order valence-corrected chi connectivity index (χ1v) is 8.34. The average Bonchev–Trinajstić information content (AvgIpc) is 2.56. The lowest BCUT2D eigenvalue weighted by atomic mass is 9.85. The van der Waals surface area contributed by atoms with Crippen molar-refractivity contribution in [2.75, 3.05) is 18.4 Å². The van der Waals surface area contributed by atoms with Crippen LogP contribution in [0.4, 0.5) is 19.3 Å². The molecule has 146 valence electrons. The molecule has 3 N–H and O–H groups in total. The number of carbonyl (C=O) groups excluding carboxylic acids is 1. The van der Waals surface area contributed by atoms with Crippen molar-refractivity contribution in [3.63, 3.8) is 0 Å². The van der Waals surface area contributed by atoms with E-state index in [1.807, 2.05) is 17.9 Å². The van der Waals surface area contributed by atoms with E-state index in [9.17, 15) is 18.4 Å². The average molecular weight is 382 g/mol. The van der Waals surface area contributed by atoms with Crippen molar-refractivity contribution in [3.05, 3.63) is 23.8 Å². The van der Waals surface area contributed by atoms with Gasteiger partial charge in [-0.3, -0.25) is 9.69 Å². The molecule has 0 spiro atoms. The molecule has 0 atom stereocenters. The summed E-state index contributed by atoms with van der Waals surface area (Å²) in [5.74, 6) is -1.15. The number of likely N-dealkylation sites (N-methyl/N-ethyl adjacent to an activating group) is 1. The van der Waals surface area contributed by atoms with Crippen LogP contribution in [-0.2, 0) is 4.79 Å². The Morgan fingerprint density at radius 3 is 2.70 bits per heavy atom. The number of nitrogens with zero attached hydrogens (tertiary/aromatic N) is 2. The Labute approximate surface area is 154 Å². The van der Waals surface area contributed by atoms with Gasteiger partial charge in [0.2, 0.25) is 0 Å². The molecule has 10 heteroatoms. The Balaban J connectivity index is 1.91. The molecule has 0 radical (unpaired) electrons. The molecule has 0 unspecified atom stereocenters. The number of hydrogen-bond donors (Lipinski definition) is 3. The van der Waals surface area contributed by atoms with Crippen molar-refractivity contribution < 1.29 is 28.2 Å². The maximum absolute atomic E-state index is 12.5. The van der Waals surface area contributed by atoms with Crippen LogP contribution in [0.2, 0.25) is 0 Å². The fraction of sp³-hybridized carbons (Fsp3) is 0.471. The second kappa shape index (κ2) is 9.14. The van der Waals surface area contributed by atoms with Gasteiger partial charge >= 0.3 is 18.6 Å². The monoisotopic (exact) mass is 382 g/mol. The number of aliphatic carboxylic acids is 1. The van der Waals surface area contributed by atoms with Crippen molar-refractivity contribution in [3.8, 4) is 11.8 Å². The normalized spacial score (nSPS) is 18.5. The number of carboxylic acid groups (broad SMARTS) is 1. The molecule has 1 aliphatic carbocycles. The zero-order chi connectivity index (χ0) is 20.0. The number of nitrogens with one attached hydrogen (secondary N) is 2. The number of nitriles is 1. The van der Waals surface area contributed by atoms with E-state index >= 15 is 0 Å². The van der Waals surface area contributed by atoms with Gasteiger partial charge in [0.1, 0.15) is 5.75 Å².